The van der Waals surface area contributed by atoms with Gasteiger partial charge in [0.05, 0.1) is 30.1 Å². The number of benzene rings is 1. The molecule has 0 spiro atoms. The second kappa shape index (κ2) is 16.4. The number of aryl methyl sites for hydroxylation is 1. The van der Waals surface area contributed by atoms with E-state index in [9.17, 15) is 28.0 Å². The molecule has 2 amide bonds. The van der Waals surface area contributed by atoms with Crippen molar-refractivity contribution in [2.45, 2.75) is 95.6 Å². The van der Waals surface area contributed by atoms with Crippen molar-refractivity contribution < 1.29 is 37.1 Å². The highest BCUT2D eigenvalue weighted by atomic mass is 19.3. The van der Waals surface area contributed by atoms with Crippen LogP contribution in [0.15, 0.2) is 41.5 Å². The lowest BCUT2D eigenvalue weighted by atomic mass is 9.86. The van der Waals surface area contributed by atoms with Gasteiger partial charge in [-0.3, -0.25) is 23.9 Å². The number of oxazole rings is 1. The topological polar surface area (TPSA) is 140 Å². The lowest BCUT2D eigenvalue weighted by Crippen LogP contribution is -2.46. The summed E-state index contributed by atoms with van der Waals surface area (Å²) in [5.41, 5.74) is 2.43. The lowest BCUT2D eigenvalue weighted by molar-refractivity contribution is -0.132. The van der Waals surface area contributed by atoms with Crippen molar-refractivity contribution in [1.29, 1.82) is 0 Å². The Balaban J connectivity index is 0.888. The van der Waals surface area contributed by atoms with Crippen LogP contribution in [-0.4, -0.2) is 82.4 Å². The van der Waals surface area contributed by atoms with Gasteiger partial charge in [-0.25, -0.2) is 13.8 Å². The highest BCUT2D eigenvalue weighted by molar-refractivity contribution is 6.13. The monoisotopic (exact) mass is 708 g/mol. The first-order chi connectivity index (χ1) is 24.6. The summed E-state index contributed by atoms with van der Waals surface area (Å²) in [4.78, 5) is 57.7. The second-order valence-electron chi connectivity index (χ2n) is 14.1. The van der Waals surface area contributed by atoms with Gasteiger partial charge in [0.15, 0.2) is 23.6 Å². The van der Waals surface area contributed by atoms with E-state index in [1.54, 1.807) is 9.58 Å². The van der Waals surface area contributed by atoms with E-state index in [-0.39, 0.29) is 47.2 Å². The van der Waals surface area contributed by atoms with E-state index in [0.29, 0.717) is 32.0 Å². The Morgan fingerprint density at radius 1 is 1.12 bits per heavy atom. The molecular weight excluding hydrogens is 662 g/mol. The number of hydrogen-bond acceptors (Lipinski definition) is 9. The van der Waals surface area contributed by atoms with Gasteiger partial charge < -0.3 is 24.3 Å². The molecule has 1 aliphatic heterocycles. The molecule has 0 radical (unpaired) electrons. The number of nitrogens with zero attached hydrogens (tertiary/aromatic N) is 5. The zero-order chi connectivity index (χ0) is 36.1. The van der Waals surface area contributed by atoms with Crippen LogP contribution in [-0.2, 0) is 25.5 Å². The Bertz CT molecular complexity index is 1700. The molecule has 1 N–H and O–H groups in total. The average Bonchev–Trinajstić information content (AvgIpc) is 3.85. The van der Waals surface area contributed by atoms with Crippen LogP contribution in [0.2, 0.25) is 0 Å². The van der Waals surface area contributed by atoms with Gasteiger partial charge in [0.2, 0.25) is 5.91 Å². The standard InChI is InChI=1S/C37H46F2N6O6/c1-23-33-25(6-3-8-31(33)45(37(23)49)30-14-13-27(46)18-32(30)47)7-4-16-50-17-5-15-43(2)19-24-9-11-26(12-10-24)44-20-28(34(42-44)35(38)39)41-36(48)29-21-51-22-40-29/h3,6,8,20-24,26,30,35H,4-5,7,9-19H2,1-2H3,(H,41,48). The minimum atomic E-state index is -2.82. The van der Waals surface area contributed by atoms with E-state index in [1.165, 1.54) is 6.20 Å². The molecule has 2 saturated carbocycles. The highest BCUT2D eigenvalue weighted by Gasteiger charge is 2.43. The minimum Gasteiger partial charge on any atom is -0.451 e. The van der Waals surface area contributed by atoms with Gasteiger partial charge >= 0.3 is 0 Å². The molecule has 2 unspecified atom stereocenters. The Kier molecular flexibility index (Phi) is 11.7. The molecule has 12 nitrogen and oxygen atoms in total. The summed E-state index contributed by atoms with van der Waals surface area (Å²) in [7, 11) is 2.11. The largest absolute Gasteiger partial charge is 0.451 e. The van der Waals surface area contributed by atoms with Crippen molar-refractivity contribution in [2.24, 2.45) is 5.92 Å². The van der Waals surface area contributed by atoms with Crippen molar-refractivity contribution in [2.75, 3.05) is 43.6 Å². The van der Waals surface area contributed by atoms with Gasteiger partial charge in [-0.15, -0.1) is 0 Å². The SMILES string of the molecule is CC1C(=O)N(C2CCC(=O)CC2=O)c2cccc(CCCOCCCN(C)CC3CCC(n4cc(NC(=O)c5cocn5)c(C(F)F)n4)CC3)c21. The van der Waals surface area contributed by atoms with Crippen LogP contribution >= 0.6 is 0 Å². The first-order valence-electron chi connectivity index (χ1n) is 17.9. The van der Waals surface area contributed by atoms with Crippen molar-refractivity contribution in [3.05, 3.63) is 59.6 Å². The normalized spacial score (nSPS) is 22.3. The number of anilines is 2. The Morgan fingerprint density at radius 3 is 2.63 bits per heavy atom. The molecule has 6 rings (SSSR count). The highest BCUT2D eigenvalue weighted by Crippen LogP contribution is 2.42. The predicted octanol–water partition coefficient (Wildman–Crippen LogP) is 5.90. The van der Waals surface area contributed by atoms with Gasteiger partial charge in [-0.1, -0.05) is 12.1 Å². The summed E-state index contributed by atoms with van der Waals surface area (Å²) in [6, 6.07) is 5.33. The summed E-state index contributed by atoms with van der Waals surface area (Å²) in [5, 5.41) is 6.62. The molecule has 2 atom stereocenters. The lowest BCUT2D eigenvalue weighted by Gasteiger charge is -2.31. The third kappa shape index (κ3) is 8.44. The number of fused-ring (bicyclic) bond motifs is 1. The van der Waals surface area contributed by atoms with E-state index >= 15 is 0 Å². The first kappa shape index (κ1) is 36.5. The molecule has 0 saturated heterocycles. The molecule has 3 heterocycles. The molecule has 0 bridgehead atoms. The van der Waals surface area contributed by atoms with Gasteiger partial charge in [0, 0.05) is 44.6 Å². The maximum atomic E-state index is 13.7. The van der Waals surface area contributed by atoms with E-state index < -0.39 is 24.1 Å². The number of nitrogens with one attached hydrogen (secondary N) is 1. The molecule has 1 aromatic carbocycles. The van der Waals surface area contributed by atoms with Gasteiger partial charge in [0.25, 0.3) is 12.3 Å². The first-order valence-corrected chi connectivity index (χ1v) is 17.9. The van der Waals surface area contributed by atoms with Gasteiger partial charge in [-0.05, 0) is 88.4 Å². The minimum absolute atomic E-state index is 0.00346. The summed E-state index contributed by atoms with van der Waals surface area (Å²) < 4.78 is 39.8. The van der Waals surface area contributed by atoms with Crippen molar-refractivity contribution in [3.63, 3.8) is 0 Å². The number of rotatable bonds is 15. The van der Waals surface area contributed by atoms with Crippen molar-refractivity contribution in [3.8, 4) is 0 Å². The quantitative estimate of drug-likeness (QED) is 0.151. The number of aromatic nitrogens is 3. The van der Waals surface area contributed by atoms with Crippen LogP contribution in [0.5, 0.6) is 0 Å². The van der Waals surface area contributed by atoms with Crippen molar-refractivity contribution in [1.82, 2.24) is 19.7 Å². The summed E-state index contributed by atoms with van der Waals surface area (Å²) in [6.07, 6.45) is 7.59. The zero-order valence-corrected chi connectivity index (χ0v) is 29.2. The fourth-order valence-electron chi connectivity index (χ4n) is 7.82. The molecule has 14 heteroatoms. The molecule has 3 aliphatic rings. The third-order valence-corrected chi connectivity index (χ3v) is 10.4. The number of carbonyl (C=O) groups is 4. The maximum Gasteiger partial charge on any atom is 0.284 e. The predicted molar refractivity (Wildman–Crippen MR) is 184 cm³/mol. The number of ether oxygens (including phenoxy) is 1. The number of halogens is 2. The number of hydrogen-bond donors (Lipinski definition) is 1. The van der Waals surface area contributed by atoms with Gasteiger partial charge in [-0.2, -0.15) is 5.10 Å². The zero-order valence-electron chi connectivity index (χ0n) is 29.2. The number of carbonyl (C=O) groups excluding carboxylic acids is 4. The molecule has 51 heavy (non-hydrogen) atoms. The Labute approximate surface area is 295 Å². The molecule has 2 aliphatic carbocycles. The molecular formula is C37H46F2N6O6. The number of alkyl halides is 2. The smallest absolute Gasteiger partial charge is 0.284 e. The Hall–Kier alpha value is -4.30. The molecule has 2 aromatic heterocycles. The van der Waals surface area contributed by atoms with Crippen LogP contribution in [0.25, 0.3) is 0 Å². The number of amides is 2. The second-order valence-corrected chi connectivity index (χ2v) is 14.1. The molecule has 274 valence electrons. The fourth-order valence-corrected chi connectivity index (χ4v) is 7.82. The molecule has 3 aromatic rings. The van der Waals surface area contributed by atoms with E-state index in [1.807, 2.05) is 19.1 Å². The van der Waals surface area contributed by atoms with Crippen LogP contribution < -0.4 is 10.2 Å². The van der Waals surface area contributed by atoms with E-state index in [4.69, 9.17) is 9.15 Å². The van der Waals surface area contributed by atoms with Crippen LogP contribution in [0, 0.1) is 5.92 Å². The summed E-state index contributed by atoms with van der Waals surface area (Å²) >= 11 is 0. The van der Waals surface area contributed by atoms with Crippen LogP contribution in [0.4, 0.5) is 20.2 Å². The Morgan fingerprint density at radius 2 is 1.90 bits per heavy atom. The third-order valence-electron chi connectivity index (χ3n) is 10.4. The summed E-state index contributed by atoms with van der Waals surface area (Å²) in [5.74, 6) is -0.743. The van der Waals surface area contributed by atoms with Crippen LogP contribution in [0.3, 0.4) is 0 Å². The molecule has 2 fully saturated rings. The number of ketones is 2. The number of Topliss-reactive ketones (excluding diaryl/α,β-unsaturated/α-hetero) is 2. The summed E-state index contributed by atoms with van der Waals surface area (Å²) in [6.45, 7) is 5.00. The van der Waals surface area contributed by atoms with Crippen molar-refractivity contribution >= 4 is 34.8 Å². The fraction of sp³-hybridized carbons (Fsp3) is 0.568. The average molecular weight is 709 g/mol. The van der Waals surface area contributed by atoms with E-state index in [2.05, 4.69) is 33.4 Å². The van der Waals surface area contributed by atoms with Crippen LogP contribution in [0.1, 0.15) is 110 Å². The van der Waals surface area contributed by atoms with E-state index in [0.717, 1.165) is 87.5 Å². The van der Waals surface area contributed by atoms with Gasteiger partial charge in [0.1, 0.15) is 12.0 Å². The maximum absolute atomic E-state index is 13.7.